The first-order valence-electron chi connectivity index (χ1n) is 27.5. The molecule has 436 valence electrons. The van der Waals surface area contributed by atoms with Gasteiger partial charge in [0.2, 0.25) is 35.4 Å². The van der Waals surface area contributed by atoms with Crippen LogP contribution in [0.3, 0.4) is 0 Å². The minimum absolute atomic E-state index is 0.00162. The molecule has 2 aliphatic heterocycles. The topological polar surface area (TPSA) is 356 Å². The van der Waals surface area contributed by atoms with E-state index < -0.39 is 106 Å². The molecule has 12 N–H and O–H groups in total. The monoisotopic (exact) mass is 1110 g/mol. The first-order valence-corrected chi connectivity index (χ1v) is 28.1. The first kappa shape index (κ1) is 66.2. The summed E-state index contributed by atoms with van der Waals surface area (Å²) >= 11 is 4.07. The van der Waals surface area contributed by atoms with E-state index in [4.69, 9.17) is 17.2 Å². The number of hydrogen-bond donors (Lipinski definition) is 10. The number of carbonyl (C=O) groups is 10. The second-order valence-corrected chi connectivity index (χ2v) is 22.7. The quantitative estimate of drug-likeness (QED) is 0.0205. The Morgan fingerprint density at radius 1 is 0.769 bits per heavy atom. The number of Topliss-reactive ketones (excluding diaryl/α,β-unsaturated/α-hetero) is 3. The molecule has 22 nitrogen and oxygen atoms in total. The molecule has 2 heterocycles. The third-order valence-electron chi connectivity index (χ3n) is 14.2. The lowest BCUT2D eigenvalue weighted by molar-refractivity contribution is -0.145. The van der Waals surface area contributed by atoms with Crippen molar-refractivity contribution in [3.63, 3.8) is 0 Å². The smallest absolute Gasteiger partial charge is 0.306 e. The van der Waals surface area contributed by atoms with E-state index in [-0.39, 0.29) is 127 Å². The highest BCUT2D eigenvalue weighted by molar-refractivity contribution is 7.80. The highest BCUT2D eigenvalue weighted by Crippen LogP contribution is 2.30. The molecule has 2 aliphatic rings. The second kappa shape index (κ2) is 32.7. The van der Waals surface area contributed by atoms with Crippen LogP contribution in [0, 0.1) is 29.1 Å². The fraction of sp³-hybridized carbons (Fsp3) is 0.691. The zero-order chi connectivity index (χ0) is 58.3. The summed E-state index contributed by atoms with van der Waals surface area (Å²) in [7, 11) is 0. The Labute approximate surface area is 464 Å². The zero-order valence-electron chi connectivity index (χ0n) is 46.6. The van der Waals surface area contributed by atoms with Crippen molar-refractivity contribution in [1.82, 2.24) is 31.1 Å². The summed E-state index contributed by atoms with van der Waals surface area (Å²) in [5, 5.41) is 31.1. The van der Waals surface area contributed by atoms with Crippen LogP contribution in [0.5, 0.6) is 5.75 Å². The van der Waals surface area contributed by atoms with Crippen LogP contribution in [-0.4, -0.2) is 153 Å². The van der Waals surface area contributed by atoms with Gasteiger partial charge in [0, 0.05) is 70.6 Å². The van der Waals surface area contributed by atoms with Crippen molar-refractivity contribution in [1.29, 1.82) is 0 Å². The summed E-state index contributed by atoms with van der Waals surface area (Å²) in [6.07, 6.45) is 2.69. The molecule has 2 fully saturated rings. The van der Waals surface area contributed by atoms with E-state index >= 15 is 0 Å². The lowest BCUT2D eigenvalue weighted by atomic mass is 9.80. The van der Waals surface area contributed by atoms with Gasteiger partial charge in [-0.3, -0.25) is 52.9 Å². The largest absolute Gasteiger partial charge is 0.508 e. The van der Waals surface area contributed by atoms with Gasteiger partial charge in [0.05, 0.1) is 24.0 Å². The Hall–Kier alpha value is -6.10. The van der Waals surface area contributed by atoms with E-state index in [9.17, 15) is 58.2 Å². The number of likely N-dealkylation sites (tertiary alicyclic amines) is 2. The van der Waals surface area contributed by atoms with Crippen molar-refractivity contribution in [3.05, 3.63) is 29.8 Å². The van der Waals surface area contributed by atoms with Gasteiger partial charge in [-0.1, -0.05) is 46.8 Å². The third kappa shape index (κ3) is 22.0. The van der Waals surface area contributed by atoms with Crippen molar-refractivity contribution in [3.8, 4) is 5.75 Å². The number of carboxylic acid groups (broad SMARTS) is 1. The number of phenols is 1. The Bertz CT molecular complexity index is 2250. The molecular formula is C55H88N10O12S. The number of amides is 6. The summed E-state index contributed by atoms with van der Waals surface area (Å²) in [6, 6.07) is 0.982. The number of carbonyl (C=O) groups excluding carboxylic acids is 9. The number of thiol groups is 1. The molecule has 1 aromatic carbocycles. The van der Waals surface area contributed by atoms with Gasteiger partial charge in [0.25, 0.3) is 0 Å². The summed E-state index contributed by atoms with van der Waals surface area (Å²) < 4.78 is 0. The average Bonchev–Trinajstić information content (AvgIpc) is 4.08. The first-order chi connectivity index (χ1) is 36.8. The van der Waals surface area contributed by atoms with Gasteiger partial charge >= 0.3 is 5.97 Å². The molecule has 78 heavy (non-hydrogen) atoms. The number of hydrogen-bond acceptors (Lipinski definition) is 14. The van der Waals surface area contributed by atoms with E-state index in [1.54, 1.807) is 32.9 Å². The number of aromatic hydroxyl groups is 1. The molecule has 0 radical (unpaired) electrons. The maximum absolute atomic E-state index is 14.6. The predicted octanol–water partition coefficient (Wildman–Crippen LogP) is 2.30. The van der Waals surface area contributed by atoms with Gasteiger partial charge in [-0.05, 0) is 118 Å². The van der Waals surface area contributed by atoms with E-state index in [1.165, 1.54) is 28.9 Å². The van der Waals surface area contributed by atoms with Crippen LogP contribution in [0.25, 0.3) is 0 Å². The van der Waals surface area contributed by atoms with Gasteiger partial charge in [0.15, 0.2) is 23.3 Å². The number of nitrogens with zero attached hydrogens (tertiary/aromatic N) is 3. The minimum Gasteiger partial charge on any atom is -0.508 e. The summed E-state index contributed by atoms with van der Waals surface area (Å²) in [5.74, 6) is -8.04. The van der Waals surface area contributed by atoms with Crippen molar-refractivity contribution in [2.45, 2.75) is 174 Å². The number of ketones is 3. The van der Waals surface area contributed by atoms with Gasteiger partial charge in [-0.2, -0.15) is 12.6 Å². The van der Waals surface area contributed by atoms with Crippen LogP contribution in [-0.2, 0) is 54.4 Å². The van der Waals surface area contributed by atoms with E-state index in [2.05, 4.69) is 38.9 Å². The lowest BCUT2D eigenvalue weighted by Gasteiger charge is -2.33. The van der Waals surface area contributed by atoms with Crippen molar-refractivity contribution >= 4 is 77.4 Å². The number of phenolic OH excluding ortho intramolecular Hbond substituents is 1. The van der Waals surface area contributed by atoms with E-state index in [1.807, 2.05) is 13.8 Å². The third-order valence-corrected chi connectivity index (χ3v) is 14.5. The SMILES string of the molecule is CC(=O)N[C@@H](CCCCNC(=O)CCS)C(=O)N1CCC[C@H]1C(=O)N[C@@H](CCCN=C(N)N)C(=O)C[C@@H](CCN)C(=O)N1CCC[C@H]1C(=O)C[C@@H](Cc1ccc(O)cc1)C(=O)N[C@H](C(=O)C[C@@H](CC(C)C)C(=O)O)C(C)(C)C. The summed E-state index contributed by atoms with van der Waals surface area (Å²) in [4.78, 5) is 143. The number of benzene rings is 1. The van der Waals surface area contributed by atoms with E-state index in [0.29, 0.717) is 43.5 Å². The zero-order valence-corrected chi connectivity index (χ0v) is 47.5. The Balaban J connectivity index is 1.85. The molecule has 23 heteroatoms. The Morgan fingerprint density at radius 3 is 1.96 bits per heavy atom. The lowest BCUT2D eigenvalue weighted by Crippen LogP contribution is -2.55. The number of guanidine groups is 1. The van der Waals surface area contributed by atoms with Crippen LogP contribution in [0.15, 0.2) is 29.3 Å². The predicted molar refractivity (Wildman–Crippen MR) is 298 cm³/mol. The minimum atomic E-state index is -1.15. The molecule has 0 saturated carbocycles. The highest BCUT2D eigenvalue weighted by Gasteiger charge is 2.43. The second-order valence-electron chi connectivity index (χ2n) is 22.3. The number of nitrogens with one attached hydrogen (secondary N) is 4. The maximum atomic E-state index is 14.6. The normalized spacial score (nSPS) is 17.7. The standard InChI is InChI=1S/C55H88N10O12S/c1-33(2)28-38(53(76)77)32-46(70)48(55(4,5)6)63-49(72)37(29-35-16-18-39(67)19-17-35)31-45(69)42-14-10-25-64(42)51(74)36(20-22-56)30-44(68)40(13-9-24-60-54(57)58)62-50(73)43-15-11-26-65(43)52(75)41(61-34(3)66)12-7-8-23-59-47(71)21-27-78/h16-19,33,36-38,40-43,48,67,78H,7-15,20-32,56H2,1-6H3,(H,59,71)(H,61,66)(H,62,73)(H,63,72)(H,76,77)(H4,57,58,60)/t36-,37-,38-,40+,41+,42+,43+,48-/m1/s1. The Kier molecular flexibility index (Phi) is 27.8. The molecule has 8 atom stereocenters. The van der Waals surface area contributed by atoms with E-state index in [0.717, 1.165) is 0 Å². The number of aliphatic carboxylic acids is 1. The van der Waals surface area contributed by atoms with Gasteiger partial charge in [-0.15, -0.1) is 0 Å². The molecule has 2 saturated heterocycles. The van der Waals surface area contributed by atoms with Crippen molar-refractivity contribution < 1.29 is 58.2 Å². The molecule has 6 amide bonds. The molecule has 0 bridgehead atoms. The fourth-order valence-corrected chi connectivity index (χ4v) is 10.5. The molecule has 0 spiro atoms. The van der Waals surface area contributed by atoms with Gasteiger partial charge in [0.1, 0.15) is 17.8 Å². The number of nitrogens with two attached hydrogens (primary N) is 3. The fourth-order valence-electron chi connectivity index (χ4n) is 10.3. The maximum Gasteiger partial charge on any atom is 0.306 e. The van der Waals surface area contributed by atoms with Crippen LogP contribution >= 0.6 is 12.6 Å². The highest BCUT2D eigenvalue weighted by atomic mass is 32.1. The molecular weight excluding hydrogens is 1020 g/mol. The van der Waals surface area contributed by atoms with Crippen LogP contribution in [0.1, 0.15) is 143 Å². The Morgan fingerprint density at radius 2 is 1.38 bits per heavy atom. The average molecular weight is 1110 g/mol. The molecule has 0 aliphatic carbocycles. The number of carboxylic acids is 1. The van der Waals surface area contributed by atoms with Gasteiger partial charge in [-0.25, -0.2) is 0 Å². The van der Waals surface area contributed by atoms with Crippen molar-refractivity contribution in [2.75, 3.05) is 38.5 Å². The van der Waals surface area contributed by atoms with Crippen LogP contribution in [0.4, 0.5) is 0 Å². The molecule has 0 unspecified atom stereocenters. The molecule has 3 rings (SSSR count). The number of unbranched alkanes of at least 4 members (excludes halogenated alkanes) is 1. The summed E-state index contributed by atoms with van der Waals surface area (Å²) in [5.41, 5.74) is 16.9. The van der Waals surface area contributed by atoms with Crippen LogP contribution < -0.4 is 38.5 Å². The van der Waals surface area contributed by atoms with Crippen molar-refractivity contribution in [2.24, 2.45) is 51.3 Å². The summed E-state index contributed by atoms with van der Waals surface area (Å²) in [6.45, 7) is 11.2. The molecule has 0 aromatic heterocycles. The number of rotatable bonds is 34. The number of aliphatic imine (C=N–C) groups is 1. The molecule has 1 aromatic rings. The van der Waals surface area contributed by atoms with Crippen LogP contribution in [0.2, 0.25) is 0 Å². The van der Waals surface area contributed by atoms with Gasteiger partial charge < -0.3 is 58.5 Å².